The molecule has 0 unspecified atom stereocenters. The third-order valence-electron chi connectivity index (χ3n) is 7.03. The Balaban J connectivity index is 1.43. The molecule has 0 aromatic heterocycles. The molecule has 32 heavy (non-hydrogen) atoms. The average Bonchev–Trinajstić information content (AvgIpc) is 3.49. The van der Waals surface area contributed by atoms with Gasteiger partial charge in [0.05, 0.1) is 30.8 Å². The third kappa shape index (κ3) is 3.75. The van der Waals surface area contributed by atoms with Crippen LogP contribution < -0.4 is 5.32 Å². The zero-order valence-corrected chi connectivity index (χ0v) is 19.7. The number of carbonyl (C=O) groups is 2. The Hall–Kier alpha value is -2.25. The molecule has 1 amide bonds. The summed E-state index contributed by atoms with van der Waals surface area (Å²) in [6.45, 7) is 1.81. The molecule has 0 spiro atoms. The van der Waals surface area contributed by atoms with E-state index >= 15 is 0 Å². The molecule has 5 rings (SSSR count). The lowest BCUT2D eigenvalue weighted by Gasteiger charge is -2.36. The minimum absolute atomic E-state index is 0.0134. The fourth-order valence-electron chi connectivity index (χ4n) is 5.58. The highest BCUT2D eigenvalue weighted by Gasteiger charge is 2.43. The summed E-state index contributed by atoms with van der Waals surface area (Å²) in [7, 11) is 1.36. The summed E-state index contributed by atoms with van der Waals surface area (Å²) in [6, 6.07) is 7.25. The molecule has 4 atom stereocenters. The van der Waals surface area contributed by atoms with E-state index in [9.17, 15) is 9.59 Å². The van der Waals surface area contributed by atoms with Crippen LogP contribution in [0.25, 0.3) is 0 Å². The SMILES string of the molecule is COC(=O)C1=C(C)N=C2SC=C(CC(=O)N[C@@H]3C[C@H]4CC[C@H]3C4)N2[C@H]1c1ccccc1Cl. The average molecular weight is 472 g/mol. The van der Waals surface area contributed by atoms with Gasteiger partial charge in [-0.3, -0.25) is 4.79 Å². The van der Waals surface area contributed by atoms with Crippen molar-refractivity contribution in [1.29, 1.82) is 0 Å². The summed E-state index contributed by atoms with van der Waals surface area (Å²) in [5.41, 5.74) is 2.63. The predicted octanol–water partition coefficient (Wildman–Crippen LogP) is 4.78. The van der Waals surface area contributed by atoms with E-state index in [1.165, 1.54) is 38.1 Å². The second-order valence-corrected chi connectivity index (χ2v) is 10.2. The molecule has 168 valence electrons. The fraction of sp³-hybridized carbons (Fsp3) is 0.458. The molecular formula is C24H26ClN3O3S. The molecular weight excluding hydrogens is 446 g/mol. The van der Waals surface area contributed by atoms with Crippen LogP contribution in [0.3, 0.4) is 0 Å². The quantitative estimate of drug-likeness (QED) is 0.625. The Morgan fingerprint density at radius 2 is 2.09 bits per heavy atom. The van der Waals surface area contributed by atoms with Crippen molar-refractivity contribution in [2.45, 2.75) is 51.1 Å². The largest absolute Gasteiger partial charge is 0.466 e. The minimum atomic E-state index is -0.500. The number of allylic oxidation sites excluding steroid dienone is 1. The minimum Gasteiger partial charge on any atom is -0.466 e. The first kappa shape index (κ1) is 21.6. The molecule has 0 saturated heterocycles. The first-order valence-electron chi connectivity index (χ1n) is 11.0. The number of aliphatic imine (C=N–C) groups is 1. The molecule has 2 saturated carbocycles. The molecule has 8 heteroatoms. The molecule has 1 N–H and O–H groups in total. The Labute approximate surface area is 197 Å². The van der Waals surface area contributed by atoms with E-state index in [0.29, 0.717) is 22.2 Å². The number of ether oxygens (including phenoxy) is 1. The Morgan fingerprint density at radius 1 is 1.28 bits per heavy atom. The summed E-state index contributed by atoms with van der Waals surface area (Å²) < 4.78 is 5.09. The van der Waals surface area contributed by atoms with Crippen LogP contribution in [0, 0.1) is 11.8 Å². The standard InChI is InChI=1S/C24H26ClN3O3S/c1-13-21(23(30)31-2)22(17-5-3-4-6-18(17)25)28-16(12-32-24(28)26-13)11-20(29)27-19-10-14-7-8-15(19)9-14/h3-6,12,14-15,19,22H,7-11H2,1-2H3,(H,27,29)/t14-,15-,19+,22-/m0/s1. The van der Waals surface area contributed by atoms with Gasteiger partial charge in [-0.2, -0.15) is 0 Å². The monoisotopic (exact) mass is 471 g/mol. The van der Waals surface area contributed by atoms with Crippen LogP contribution in [0.4, 0.5) is 0 Å². The van der Waals surface area contributed by atoms with Crippen LogP contribution in [0.5, 0.6) is 0 Å². The number of esters is 1. The van der Waals surface area contributed by atoms with Crippen LogP contribution in [-0.2, 0) is 14.3 Å². The summed E-state index contributed by atoms with van der Waals surface area (Å²) >= 11 is 8.03. The van der Waals surface area contributed by atoms with Crippen LogP contribution in [0.15, 0.2) is 51.6 Å². The number of fused-ring (bicyclic) bond motifs is 3. The molecule has 2 aliphatic carbocycles. The summed E-state index contributed by atoms with van der Waals surface area (Å²) in [6.07, 6.45) is 5.09. The summed E-state index contributed by atoms with van der Waals surface area (Å²) in [4.78, 5) is 32.4. The number of halogens is 1. The molecule has 2 heterocycles. The first-order chi connectivity index (χ1) is 15.5. The number of benzene rings is 1. The van der Waals surface area contributed by atoms with Crippen molar-refractivity contribution in [2.75, 3.05) is 7.11 Å². The maximum atomic E-state index is 13.0. The lowest BCUT2D eigenvalue weighted by molar-refractivity contribution is -0.136. The highest BCUT2D eigenvalue weighted by molar-refractivity contribution is 8.16. The smallest absolute Gasteiger partial charge is 0.338 e. The van der Waals surface area contributed by atoms with Crippen LogP contribution in [0.1, 0.15) is 50.6 Å². The normalized spacial score (nSPS) is 28.4. The highest BCUT2D eigenvalue weighted by atomic mass is 35.5. The van der Waals surface area contributed by atoms with E-state index in [-0.39, 0.29) is 18.4 Å². The zero-order chi connectivity index (χ0) is 22.4. The Bertz CT molecular complexity index is 1070. The van der Waals surface area contributed by atoms with Gasteiger partial charge in [0.2, 0.25) is 5.91 Å². The number of hydrogen-bond donors (Lipinski definition) is 1. The van der Waals surface area contributed by atoms with E-state index in [1.54, 1.807) is 13.0 Å². The molecule has 4 aliphatic rings. The van der Waals surface area contributed by atoms with Crippen molar-refractivity contribution in [3.8, 4) is 0 Å². The lowest BCUT2D eigenvalue weighted by Crippen LogP contribution is -2.41. The van der Waals surface area contributed by atoms with E-state index < -0.39 is 12.0 Å². The maximum Gasteiger partial charge on any atom is 0.338 e. The lowest BCUT2D eigenvalue weighted by atomic mass is 9.93. The van der Waals surface area contributed by atoms with Gasteiger partial charge in [-0.15, -0.1) is 0 Å². The second-order valence-electron chi connectivity index (χ2n) is 8.93. The van der Waals surface area contributed by atoms with E-state index in [4.69, 9.17) is 16.3 Å². The van der Waals surface area contributed by atoms with Gasteiger partial charge in [0.15, 0.2) is 5.17 Å². The zero-order valence-electron chi connectivity index (χ0n) is 18.1. The summed E-state index contributed by atoms with van der Waals surface area (Å²) in [5, 5.41) is 6.51. The van der Waals surface area contributed by atoms with Crippen LogP contribution in [-0.4, -0.2) is 35.1 Å². The number of methoxy groups -OCH3 is 1. The number of thioether (sulfide) groups is 1. The van der Waals surface area contributed by atoms with E-state index in [0.717, 1.165) is 28.8 Å². The van der Waals surface area contributed by atoms with Crippen molar-refractivity contribution >= 4 is 40.4 Å². The number of amidine groups is 1. The maximum absolute atomic E-state index is 13.0. The molecule has 0 radical (unpaired) electrons. The molecule has 2 fully saturated rings. The molecule has 2 bridgehead atoms. The first-order valence-corrected chi connectivity index (χ1v) is 12.3. The molecule has 1 aromatic carbocycles. The highest BCUT2D eigenvalue weighted by Crippen LogP contribution is 2.47. The number of rotatable bonds is 5. The van der Waals surface area contributed by atoms with Crippen LogP contribution in [0.2, 0.25) is 5.02 Å². The van der Waals surface area contributed by atoms with E-state index in [2.05, 4.69) is 10.3 Å². The Kier molecular flexibility index (Phi) is 5.80. The topological polar surface area (TPSA) is 71.0 Å². The molecule has 1 aromatic rings. The second kappa shape index (κ2) is 8.60. The third-order valence-corrected chi connectivity index (χ3v) is 8.26. The number of hydrogen-bond acceptors (Lipinski definition) is 6. The van der Waals surface area contributed by atoms with Gasteiger partial charge in [0, 0.05) is 16.8 Å². The number of nitrogens with zero attached hydrogens (tertiary/aromatic N) is 2. The van der Waals surface area contributed by atoms with Crippen molar-refractivity contribution in [3.63, 3.8) is 0 Å². The van der Waals surface area contributed by atoms with Crippen LogP contribution >= 0.6 is 23.4 Å². The van der Waals surface area contributed by atoms with Crippen molar-refractivity contribution < 1.29 is 14.3 Å². The van der Waals surface area contributed by atoms with Gasteiger partial charge in [-0.1, -0.05) is 48.0 Å². The Morgan fingerprint density at radius 3 is 2.78 bits per heavy atom. The van der Waals surface area contributed by atoms with Gasteiger partial charge in [0.1, 0.15) is 0 Å². The molecule has 6 nitrogen and oxygen atoms in total. The van der Waals surface area contributed by atoms with Gasteiger partial charge in [-0.05, 0) is 55.1 Å². The van der Waals surface area contributed by atoms with Crippen molar-refractivity contribution in [3.05, 3.63) is 57.2 Å². The number of amides is 1. The van der Waals surface area contributed by atoms with E-state index in [1.807, 2.05) is 28.5 Å². The van der Waals surface area contributed by atoms with Gasteiger partial charge < -0.3 is 15.0 Å². The number of carbonyl (C=O) groups excluding carboxylic acids is 2. The van der Waals surface area contributed by atoms with Gasteiger partial charge in [-0.25, -0.2) is 9.79 Å². The van der Waals surface area contributed by atoms with Crippen molar-refractivity contribution in [1.82, 2.24) is 10.2 Å². The van der Waals surface area contributed by atoms with Gasteiger partial charge >= 0.3 is 5.97 Å². The summed E-state index contributed by atoms with van der Waals surface area (Å²) in [5.74, 6) is 0.959. The number of nitrogens with one attached hydrogen (secondary N) is 1. The van der Waals surface area contributed by atoms with Crippen molar-refractivity contribution in [2.24, 2.45) is 16.8 Å². The predicted molar refractivity (Wildman–Crippen MR) is 126 cm³/mol. The molecule has 2 aliphatic heterocycles. The fourth-order valence-corrected chi connectivity index (χ4v) is 6.78. The van der Waals surface area contributed by atoms with Gasteiger partial charge in [0.25, 0.3) is 0 Å².